The first kappa shape index (κ1) is 19.5. The molecule has 0 unspecified atom stereocenters. The van der Waals surface area contributed by atoms with Crippen molar-refractivity contribution in [3.05, 3.63) is 33.8 Å². The van der Waals surface area contributed by atoms with E-state index in [9.17, 15) is 14.4 Å². The lowest BCUT2D eigenvalue weighted by Crippen LogP contribution is -2.52. The maximum absolute atomic E-state index is 12.4. The molecule has 1 saturated heterocycles. The molecule has 2 aliphatic heterocycles. The molecule has 0 radical (unpaired) electrons. The van der Waals surface area contributed by atoms with E-state index in [1.54, 1.807) is 17.0 Å². The number of hydrogen-bond donors (Lipinski definition) is 0. The lowest BCUT2D eigenvalue weighted by Gasteiger charge is -2.35. The van der Waals surface area contributed by atoms with E-state index in [4.69, 9.17) is 9.57 Å². The van der Waals surface area contributed by atoms with Gasteiger partial charge in [0.2, 0.25) is 0 Å². The smallest absolute Gasteiger partial charge is 0.434 e. The summed E-state index contributed by atoms with van der Waals surface area (Å²) in [4.78, 5) is 45.1. The van der Waals surface area contributed by atoms with Gasteiger partial charge in [0.15, 0.2) is 0 Å². The number of hydroxylamine groups is 2. The van der Waals surface area contributed by atoms with E-state index in [1.807, 2.05) is 26.8 Å². The Bertz CT molecular complexity index is 769. The van der Waals surface area contributed by atoms with Gasteiger partial charge in [0, 0.05) is 36.2 Å². The van der Waals surface area contributed by atoms with Crippen LogP contribution in [0.2, 0.25) is 0 Å². The maximum Gasteiger partial charge on any atom is 0.434 e. The van der Waals surface area contributed by atoms with Gasteiger partial charge in [0.05, 0.1) is 6.54 Å². The number of carbonyl (C=O) groups excluding carboxylic acids is 3. The number of piperazine rings is 1. The van der Waals surface area contributed by atoms with E-state index >= 15 is 0 Å². The first-order chi connectivity index (χ1) is 12.6. The van der Waals surface area contributed by atoms with E-state index in [0.717, 1.165) is 15.1 Å². The van der Waals surface area contributed by atoms with Crippen LogP contribution in [0.1, 0.15) is 36.7 Å². The van der Waals surface area contributed by atoms with Crippen LogP contribution in [-0.2, 0) is 16.1 Å². The van der Waals surface area contributed by atoms with Crippen LogP contribution in [0.15, 0.2) is 22.7 Å². The molecule has 0 atom stereocenters. The number of fused-ring (bicyclic) bond motifs is 1. The van der Waals surface area contributed by atoms with Gasteiger partial charge < -0.3 is 19.4 Å². The van der Waals surface area contributed by atoms with Crippen LogP contribution in [0, 0.1) is 0 Å². The first-order valence-electron chi connectivity index (χ1n) is 8.69. The zero-order chi connectivity index (χ0) is 19.8. The minimum Gasteiger partial charge on any atom is -0.444 e. The summed E-state index contributed by atoms with van der Waals surface area (Å²) in [6, 6.07) is 5.31. The highest BCUT2D eigenvalue weighted by molar-refractivity contribution is 9.10. The molecule has 146 valence electrons. The van der Waals surface area contributed by atoms with Gasteiger partial charge in [-0.2, -0.15) is 5.06 Å². The average Bonchev–Trinajstić information content (AvgIpc) is 2.88. The Balaban J connectivity index is 1.52. The van der Waals surface area contributed by atoms with Crippen LogP contribution in [0.5, 0.6) is 0 Å². The Labute approximate surface area is 166 Å². The number of halogens is 1. The van der Waals surface area contributed by atoms with Gasteiger partial charge in [-0.05, 0) is 44.5 Å². The molecule has 1 aromatic rings. The van der Waals surface area contributed by atoms with E-state index in [2.05, 4.69) is 15.9 Å². The third-order valence-corrected chi connectivity index (χ3v) is 4.71. The van der Waals surface area contributed by atoms with Crippen molar-refractivity contribution in [3.63, 3.8) is 0 Å². The van der Waals surface area contributed by atoms with Gasteiger partial charge in [0.25, 0.3) is 5.91 Å². The fourth-order valence-corrected chi connectivity index (χ4v) is 3.29. The number of hydrogen-bond acceptors (Lipinski definition) is 5. The van der Waals surface area contributed by atoms with Crippen molar-refractivity contribution < 1.29 is 24.0 Å². The summed E-state index contributed by atoms with van der Waals surface area (Å²) in [5.41, 5.74) is 0.769. The van der Waals surface area contributed by atoms with Crippen molar-refractivity contribution in [3.8, 4) is 0 Å². The molecule has 0 spiro atoms. The molecular weight excluding hydrogens is 418 g/mol. The quantitative estimate of drug-likeness (QED) is 0.671. The number of carbonyl (C=O) groups is 3. The molecule has 0 N–H and O–H groups in total. The predicted molar refractivity (Wildman–Crippen MR) is 99.9 cm³/mol. The van der Waals surface area contributed by atoms with Crippen LogP contribution in [0.4, 0.5) is 9.59 Å². The normalized spacial score (nSPS) is 17.0. The van der Waals surface area contributed by atoms with Crippen molar-refractivity contribution in [1.29, 1.82) is 0 Å². The maximum atomic E-state index is 12.4. The summed E-state index contributed by atoms with van der Waals surface area (Å²) in [6.07, 6.45) is -0.995. The molecule has 3 amide bonds. The van der Waals surface area contributed by atoms with E-state index in [-0.39, 0.29) is 12.5 Å². The molecule has 2 heterocycles. The molecule has 0 bridgehead atoms. The van der Waals surface area contributed by atoms with Gasteiger partial charge in [-0.1, -0.05) is 15.9 Å². The van der Waals surface area contributed by atoms with E-state index in [0.29, 0.717) is 31.7 Å². The molecule has 27 heavy (non-hydrogen) atoms. The molecule has 3 rings (SSSR count). The zero-order valence-electron chi connectivity index (χ0n) is 15.5. The summed E-state index contributed by atoms with van der Waals surface area (Å²) >= 11 is 3.37. The van der Waals surface area contributed by atoms with Crippen LogP contribution in [0.25, 0.3) is 0 Å². The van der Waals surface area contributed by atoms with Crippen molar-refractivity contribution in [2.45, 2.75) is 32.9 Å². The van der Waals surface area contributed by atoms with Crippen LogP contribution in [0.3, 0.4) is 0 Å². The molecule has 0 aromatic heterocycles. The number of nitrogens with zero attached hydrogens (tertiary/aromatic N) is 3. The Morgan fingerprint density at radius 2 is 1.63 bits per heavy atom. The highest BCUT2D eigenvalue weighted by Gasteiger charge is 2.34. The van der Waals surface area contributed by atoms with Gasteiger partial charge in [0.1, 0.15) is 5.60 Å². The predicted octanol–water partition coefficient (Wildman–Crippen LogP) is 3.01. The zero-order valence-corrected chi connectivity index (χ0v) is 17.1. The van der Waals surface area contributed by atoms with Gasteiger partial charge >= 0.3 is 12.2 Å². The van der Waals surface area contributed by atoms with Crippen molar-refractivity contribution in [2.24, 2.45) is 0 Å². The molecule has 0 saturated carbocycles. The SMILES string of the molecule is CC(C)(C)OC(=O)N1CCN(C(=O)ON2Cc3cc(Br)ccc3C2=O)CC1. The second-order valence-corrected chi connectivity index (χ2v) is 8.37. The fourth-order valence-electron chi connectivity index (χ4n) is 2.89. The Hall–Kier alpha value is -2.29. The first-order valence-corrected chi connectivity index (χ1v) is 9.48. The Morgan fingerprint density at radius 1 is 1.04 bits per heavy atom. The Morgan fingerprint density at radius 3 is 2.22 bits per heavy atom. The number of benzene rings is 1. The Kier molecular flexibility index (Phi) is 5.32. The van der Waals surface area contributed by atoms with Gasteiger partial charge in [-0.25, -0.2) is 9.59 Å². The third kappa shape index (κ3) is 4.52. The molecule has 9 heteroatoms. The van der Waals surface area contributed by atoms with Crippen molar-refractivity contribution >= 4 is 34.0 Å². The van der Waals surface area contributed by atoms with Crippen molar-refractivity contribution in [2.75, 3.05) is 26.2 Å². The molecule has 8 nitrogen and oxygen atoms in total. The summed E-state index contributed by atoms with van der Waals surface area (Å²) in [6.45, 7) is 6.98. The average molecular weight is 440 g/mol. The summed E-state index contributed by atoms with van der Waals surface area (Å²) < 4.78 is 6.20. The van der Waals surface area contributed by atoms with Gasteiger partial charge in [-0.15, -0.1) is 0 Å². The molecule has 0 aliphatic carbocycles. The topological polar surface area (TPSA) is 79.4 Å². The largest absolute Gasteiger partial charge is 0.444 e. The van der Waals surface area contributed by atoms with E-state index in [1.165, 1.54) is 4.90 Å². The summed E-state index contributed by atoms with van der Waals surface area (Å²) in [5.74, 6) is -0.335. The van der Waals surface area contributed by atoms with Crippen LogP contribution in [-0.4, -0.2) is 64.7 Å². The minimum absolute atomic E-state index is 0.219. The highest BCUT2D eigenvalue weighted by Crippen LogP contribution is 2.26. The summed E-state index contributed by atoms with van der Waals surface area (Å²) in [7, 11) is 0. The second kappa shape index (κ2) is 7.38. The summed E-state index contributed by atoms with van der Waals surface area (Å²) in [5, 5.41) is 1.07. The molecule has 1 aromatic carbocycles. The molecular formula is C18H22BrN3O5. The third-order valence-electron chi connectivity index (χ3n) is 4.22. The second-order valence-electron chi connectivity index (χ2n) is 7.45. The van der Waals surface area contributed by atoms with E-state index < -0.39 is 17.8 Å². The molecule has 1 fully saturated rings. The highest BCUT2D eigenvalue weighted by atomic mass is 79.9. The molecule has 2 aliphatic rings. The number of rotatable bonds is 1. The van der Waals surface area contributed by atoms with Crippen LogP contribution < -0.4 is 0 Å². The lowest BCUT2D eigenvalue weighted by atomic mass is 10.1. The van der Waals surface area contributed by atoms with Gasteiger partial charge in [-0.3, -0.25) is 4.79 Å². The fraction of sp³-hybridized carbons (Fsp3) is 0.500. The minimum atomic E-state index is -0.598. The van der Waals surface area contributed by atoms with Crippen molar-refractivity contribution in [1.82, 2.24) is 14.9 Å². The monoisotopic (exact) mass is 439 g/mol. The van der Waals surface area contributed by atoms with Crippen LogP contribution >= 0.6 is 15.9 Å². The number of amides is 3. The lowest BCUT2D eigenvalue weighted by molar-refractivity contribution is -0.0856. The standard InChI is InChI=1S/C18H22BrN3O5/c1-18(2,3)26-16(24)20-6-8-21(9-7-20)17(25)27-22-11-12-10-13(19)4-5-14(12)15(22)23/h4-5,10H,6-9,11H2,1-3H3. The number of ether oxygens (including phenoxy) is 1.